The van der Waals surface area contributed by atoms with Crippen LogP contribution in [-0.2, 0) is 11.3 Å². The van der Waals surface area contributed by atoms with Gasteiger partial charge in [0.2, 0.25) is 0 Å². The molecular weight excluding hydrogens is 483 g/mol. The van der Waals surface area contributed by atoms with Crippen LogP contribution in [0.4, 0.5) is 10.1 Å². The van der Waals surface area contributed by atoms with Gasteiger partial charge in [-0.1, -0.05) is 23.8 Å². The third kappa shape index (κ3) is 5.03. The number of piperidine rings is 1. The van der Waals surface area contributed by atoms with E-state index < -0.39 is 6.17 Å². The fourth-order valence-electron chi connectivity index (χ4n) is 5.55. The zero-order chi connectivity index (χ0) is 26.2. The summed E-state index contributed by atoms with van der Waals surface area (Å²) in [5.41, 5.74) is 5.75. The van der Waals surface area contributed by atoms with Gasteiger partial charge in [-0.2, -0.15) is 5.10 Å². The van der Waals surface area contributed by atoms with Gasteiger partial charge in [-0.25, -0.2) is 19.0 Å². The Bertz CT molecular complexity index is 1410. The Morgan fingerprint density at radius 1 is 1.11 bits per heavy atom. The number of hydrogen-bond acceptors (Lipinski definition) is 7. The van der Waals surface area contributed by atoms with Crippen molar-refractivity contribution in [1.82, 2.24) is 34.5 Å². The molecule has 1 N–H and O–H groups in total. The van der Waals surface area contributed by atoms with Crippen molar-refractivity contribution in [2.24, 2.45) is 0 Å². The van der Waals surface area contributed by atoms with Gasteiger partial charge >= 0.3 is 0 Å². The van der Waals surface area contributed by atoms with Crippen LogP contribution in [0.15, 0.2) is 42.6 Å². The number of fused-ring (bicyclic) bond motifs is 1. The van der Waals surface area contributed by atoms with Gasteiger partial charge in [-0.05, 0) is 39.6 Å². The summed E-state index contributed by atoms with van der Waals surface area (Å²) in [5.74, 6) is 1.52. The molecule has 2 aliphatic rings. The summed E-state index contributed by atoms with van der Waals surface area (Å²) < 4.78 is 22.2. The molecule has 2 aliphatic heterocycles. The number of morpholine rings is 1. The van der Waals surface area contributed by atoms with Crippen molar-refractivity contribution in [3.63, 3.8) is 0 Å². The van der Waals surface area contributed by atoms with Crippen LogP contribution < -0.4 is 4.90 Å². The van der Waals surface area contributed by atoms with Crippen LogP contribution in [0.1, 0.15) is 17.8 Å². The molecule has 0 saturated carbocycles. The molecule has 1 aromatic carbocycles. The zero-order valence-corrected chi connectivity index (χ0v) is 22.3. The van der Waals surface area contributed by atoms with Crippen LogP contribution in [0, 0.1) is 6.92 Å². The molecule has 2 unspecified atom stereocenters. The maximum absolute atomic E-state index is 14.8. The summed E-state index contributed by atoms with van der Waals surface area (Å²) in [5, 5.41) is 4.83. The average molecular weight is 519 g/mol. The number of aromatic amines is 1. The summed E-state index contributed by atoms with van der Waals surface area (Å²) in [7, 11) is 3.90. The number of hydrogen-bond donors (Lipinski definition) is 1. The van der Waals surface area contributed by atoms with E-state index in [-0.39, 0.29) is 6.04 Å². The van der Waals surface area contributed by atoms with E-state index >= 15 is 0 Å². The van der Waals surface area contributed by atoms with Crippen LogP contribution in [0.3, 0.4) is 0 Å². The Labute approximate surface area is 222 Å². The Morgan fingerprint density at radius 3 is 2.71 bits per heavy atom. The molecule has 0 spiro atoms. The van der Waals surface area contributed by atoms with Crippen LogP contribution >= 0.6 is 0 Å². The highest BCUT2D eigenvalue weighted by molar-refractivity contribution is 5.87. The minimum atomic E-state index is -0.876. The molecule has 200 valence electrons. The van der Waals surface area contributed by atoms with E-state index in [9.17, 15) is 4.39 Å². The molecule has 0 radical (unpaired) electrons. The number of pyridine rings is 1. The molecule has 2 fully saturated rings. The number of nitrogens with one attached hydrogen (secondary N) is 1. The van der Waals surface area contributed by atoms with Crippen molar-refractivity contribution in [2.75, 3.05) is 58.4 Å². The lowest BCUT2D eigenvalue weighted by atomic mass is 10.0. The Balaban J connectivity index is 1.32. The number of aryl methyl sites for hydroxylation is 1. The number of anilines is 1. The number of likely N-dealkylation sites (tertiary alicyclic amines) is 1. The van der Waals surface area contributed by atoms with Crippen molar-refractivity contribution < 1.29 is 9.13 Å². The predicted octanol–water partition coefficient (Wildman–Crippen LogP) is 3.43. The monoisotopic (exact) mass is 518 g/mol. The van der Waals surface area contributed by atoms with Crippen molar-refractivity contribution in [3.8, 4) is 17.1 Å². The summed E-state index contributed by atoms with van der Waals surface area (Å²) in [6, 6.07) is 12.4. The van der Waals surface area contributed by atoms with Crippen LogP contribution in [0.5, 0.6) is 0 Å². The van der Waals surface area contributed by atoms with Crippen LogP contribution in [-0.4, -0.2) is 100 Å². The molecule has 2 atom stereocenters. The number of ether oxygens (including phenoxy) is 1. The number of aromatic nitrogens is 5. The van der Waals surface area contributed by atoms with E-state index in [1.807, 2.05) is 42.0 Å². The molecule has 4 aromatic rings. The Kier molecular flexibility index (Phi) is 6.86. The van der Waals surface area contributed by atoms with Gasteiger partial charge in [0.1, 0.15) is 17.5 Å². The minimum absolute atomic E-state index is 0.0298. The van der Waals surface area contributed by atoms with Crippen molar-refractivity contribution in [2.45, 2.75) is 32.1 Å². The van der Waals surface area contributed by atoms with Crippen molar-refractivity contribution >= 4 is 16.9 Å². The van der Waals surface area contributed by atoms with E-state index in [4.69, 9.17) is 19.8 Å². The molecule has 10 heteroatoms. The SMILES string of the molecule is Cc1cccc(-c2ccn(-c3cc(N4CCOCC4)c4[nH]c(CN5CCC(N(C)C)C(F)C5)nc4n3)n2)c1. The molecule has 0 amide bonds. The number of H-pyrrole nitrogens is 1. The van der Waals surface area contributed by atoms with Gasteiger partial charge in [0.05, 0.1) is 31.1 Å². The van der Waals surface area contributed by atoms with E-state index in [2.05, 4.69) is 46.0 Å². The molecule has 2 saturated heterocycles. The highest BCUT2D eigenvalue weighted by Gasteiger charge is 2.31. The summed E-state index contributed by atoms with van der Waals surface area (Å²) in [6.45, 7) is 6.83. The summed E-state index contributed by atoms with van der Waals surface area (Å²) in [6.07, 6.45) is 1.87. The molecule has 0 aliphatic carbocycles. The first-order valence-electron chi connectivity index (χ1n) is 13.3. The molecule has 5 heterocycles. The lowest BCUT2D eigenvalue weighted by Crippen LogP contribution is -2.50. The topological polar surface area (TPSA) is 78.3 Å². The molecule has 38 heavy (non-hydrogen) atoms. The van der Waals surface area contributed by atoms with Crippen LogP contribution in [0.2, 0.25) is 0 Å². The maximum atomic E-state index is 14.8. The van der Waals surface area contributed by atoms with Crippen molar-refractivity contribution in [3.05, 3.63) is 54.0 Å². The number of rotatable bonds is 6. The van der Waals surface area contributed by atoms with Crippen LogP contribution in [0.25, 0.3) is 28.2 Å². The third-order valence-electron chi connectivity index (χ3n) is 7.59. The quantitative estimate of drug-likeness (QED) is 0.419. The Morgan fingerprint density at radius 2 is 1.95 bits per heavy atom. The minimum Gasteiger partial charge on any atom is -0.378 e. The lowest BCUT2D eigenvalue weighted by Gasteiger charge is -2.37. The number of halogens is 1. The number of alkyl halides is 1. The molecule has 0 bridgehead atoms. The number of benzene rings is 1. The van der Waals surface area contributed by atoms with Gasteiger partial charge in [0.25, 0.3) is 0 Å². The zero-order valence-electron chi connectivity index (χ0n) is 22.3. The van der Waals surface area contributed by atoms with Gasteiger partial charge < -0.3 is 19.5 Å². The smallest absolute Gasteiger partial charge is 0.182 e. The fourth-order valence-corrected chi connectivity index (χ4v) is 5.55. The predicted molar refractivity (Wildman–Crippen MR) is 146 cm³/mol. The fraction of sp³-hybridized carbons (Fsp3) is 0.464. The molecular formula is C28H35FN8O. The van der Waals surface area contributed by atoms with E-state index in [1.165, 1.54) is 5.56 Å². The number of imidazole rings is 1. The molecule has 3 aromatic heterocycles. The second-order valence-electron chi connectivity index (χ2n) is 10.6. The second-order valence-corrected chi connectivity index (χ2v) is 10.6. The van der Waals surface area contributed by atoms with E-state index in [0.717, 1.165) is 54.3 Å². The maximum Gasteiger partial charge on any atom is 0.182 e. The third-order valence-corrected chi connectivity index (χ3v) is 7.59. The number of nitrogens with zero attached hydrogens (tertiary/aromatic N) is 7. The van der Waals surface area contributed by atoms with E-state index in [1.54, 1.807) is 0 Å². The van der Waals surface area contributed by atoms with Gasteiger partial charge in [-0.15, -0.1) is 0 Å². The Hall–Kier alpha value is -3.34. The van der Waals surface area contributed by atoms with Crippen molar-refractivity contribution in [1.29, 1.82) is 0 Å². The first-order chi connectivity index (χ1) is 18.4. The largest absolute Gasteiger partial charge is 0.378 e. The lowest BCUT2D eigenvalue weighted by molar-refractivity contribution is 0.0534. The highest BCUT2D eigenvalue weighted by Crippen LogP contribution is 2.29. The second kappa shape index (κ2) is 10.4. The molecule has 9 nitrogen and oxygen atoms in total. The average Bonchev–Trinajstić information content (AvgIpc) is 3.56. The van der Waals surface area contributed by atoms with Gasteiger partial charge in [-0.3, -0.25) is 4.90 Å². The summed E-state index contributed by atoms with van der Waals surface area (Å²) in [4.78, 5) is 19.7. The van der Waals surface area contributed by atoms with E-state index in [0.29, 0.717) is 37.8 Å². The standard InChI is InChI=1S/C28H35FN8O/c1-19-5-4-6-20(15-19)22-7-10-37(33-22)26-16-24(36-11-13-38-14-12-36)27-28(32-26)31-25(30-27)18-35-9-8-23(34(2)3)21(29)17-35/h4-7,10,15-16,21,23H,8-9,11-14,17-18H2,1-3H3,(H,30,31,32). The summed E-state index contributed by atoms with van der Waals surface area (Å²) >= 11 is 0. The first kappa shape index (κ1) is 25.0. The van der Waals surface area contributed by atoms with Gasteiger partial charge in [0.15, 0.2) is 11.5 Å². The normalized spacial score (nSPS) is 21.0. The highest BCUT2D eigenvalue weighted by atomic mass is 19.1. The van der Waals surface area contributed by atoms with Gasteiger partial charge in [0, 0.05) is 50.0 Å². The molecule has 6 rings (SSSR count). The first-order valence-corrected chi connectivity index (χ1v) is 13.3.